The molecule has 2 aliphatic rings. The molecule has 4 aromatic rings. The minimum Gasteiger partial charge on any atom is -0.482 e. The summed E-state index contributed by atoms with van der Waals surface area (Å²) < 4.78 is 13.0. The highest BCUT2D eigenvalue weighted by atomic mass is 16.5. The molecule has 0 aromatic heterocycles. The van der Waals surface area contributed by atoms with Gasteiger partial charge in [-0.05, 0) is 33.1 Å². The zero-order chi connectivity index (χ0) is 32.7. The number of rotatable bonds is 12. The average Bonchev–Trinajstić information content (AvgIpc) is 3.68. The highest BCUT2D eigenvalue weighted by Crippen LogP contribution is 2.48. The van der Waals surface area contributed by atoms with Crippen LogP contribution in [0.1, 0.15) is 68.2 Å². The van der Waals surface area contributed by atoms with Crippen molar-refractivity contribution < 1.29 is 19.1 Å². The van der Waals surface area contributed by atoms with E-state index in [1.807, 2.05) is 86.6 Å². The Balaban J connectivity index is 0.979. The Morgan fingerprint density at radius 2 is 0.809 bits per heavy atom. The number of hydrogen-bond acceptors (Lipinski definition) is 4. The summed E-state index contributed by atoms with van der Waals surface area (Å²) in [5.41, 5.74) is 4.00. The van der Waals surface area contributed by atoms with Gasteiger partial charge in [0.25, 0.3) is 11.8 Å². The monoisotopic (exact) mass is 626 g/mol. The predicted octanol–water partition coefficient (Wildman–Crippen LogP) is 7.67. The van der Waals surface area contributed by atoms with Gasteiger partial charge in [-0.15, -0.1) is 0 Å². The van der Waals surface area contributed by atoms with Gasteiger partial charge in [0.15, 0.2) is 11.2 Å². The molecule has 0 unspecified atom stereocenters. The van der Waals surface area contributed by atoms with Gasteiger partial charge in [0.2, 0.25) is 0 Å². The largest absolute Gasteiger partial charge is 0.482 e. The third-order valence-electron chi connectivity index (χ3n) is 9.29. The van der Waals surface area contributed by atoms with Crippen LogP contribution in [-0.2, 0) is 30.3 Å². The molecule has 2 heterocycles. The second kappa shape index (κ2) is 14.1. The van der Waals surface area contributed by atoms with E-state index in [1.54, 1.807) is 0 Å². The number of carbonyl (C=O) groups excluding carboxylic acids is 2. The zero-order valence-electron chi connectivity index (χ0n) is 27.1. The van der Waals surface area contributed by atoms with Crippen molar-refractivity contribution in [2.75, 3.05) is 13.1 Å². The molecule has 0 spiro atoms. The molecule has 6 heteroatoms. The number of amides is 2. The van der Waals surface area contributed by atoms with Crippen molar-refractivity contribution in [3.05, 3.63) is 166 Å². The van der Waals surface area contributed by atoms with E-state index >= 15 is 0 Å². The van der Waals surface area contributed by atoms with Crippen LogP contribution in [0.3, 0.4) is 0 Å². The van der Waals surface area contributed by atoms with Gasteiger partial charge < -0.3 is 20.1 Å². The molecule has 47 heavy (non-hydrogen) atoms. The molecule has 6 rings (SSSR count). The first-order valence-electron chi connectivity index (χ1n) is 16.5. The average molecular weight is 627 g/mol. The minimum atomic E-state index is -0.725. The quantitative estimate of drug-likeness (QED) is 0.158. The van der Waals surface area contributed by atoms with Crippen molar-refractivity contribution in [1.29, 1.82) is 0 Å². The van der Waals surface area contributed by atoms with E-state index in [0.29, 0.717) is 48.6 Å². The van der Waals surface area contributed by atoms with Gasteiger partial charge in [-0.25, -0.2) is 0 Å². The van der Waals surface area contributed by atoms with Gasteiger partial charge in [-0.1, -0.05) is 121 Å². The molecular weight excluding hydrogens is 584 g/mol. The summed E-state index contributed by atoms with van der Waals surface area (Å²) in [7, 11) is 0. The van der Waals surface area contributed by atoms with Crippen LogP contribution >= 0.6 is 0 Å². The summed E-state index contributed by atoms with van der Waals surface area (Å²) in [5.74, 6) is 1.13. The fourth-order valence-corrected chi connectivity index (χ4v) is 6.80. The molecule has 0 atom stereocenters. The van der Waals surface area contributed by atoms with Gasteiger partial charge in [-0.2, -0.15) is 0 Å². The molecule has 4 aromatic carbocycles. The molecule has 0 saturated carbocycles. The van der Waals surface area contributed by atoms with Gasteiger partial charge >= 0.3 is 0 Å². The molecule has 6 nitrogen and oxygen atoms in total. The second-order valence-corrected chi connectivity index (χ2v) is 12.3. The molecule has 0 saturated heterocycles. The topological polar surface area (TPSA) is 76.7 Å². The van der Waals surface area contributed by atoms with E-state index in [9.17, 15) is 9.59 Å². The van der Waals surface area contributed by atoms with Crippen LogP contribution in [-0.4, -0.2) is 24.9 Å². The predicted molar refractivity (Wildman–Crippen MR) is 184 cm³/mol. The number of benzene rings is 4. The Labute approximate surface area is 277 Å². The smallest absolute Gasteiger partial charge is 0.250 e. The van der Waals surface area contributed by atoms with E-state index < -0.39 is 11.2 Å². The summed E-state index contributed by atoms with van der Waals surface area (Å²) in [6.07, 6.45) is 3.44. The summed E-state index contributed by atoms with van der Waals surface area (Å²) in [6.45, 7) is 4.87. The number of ether oxygens (including phenoxy) is 2. The van der Waals surface area contributed by atoms with Crippen molar-refractivity contribution in [3.8, 4) is 0 Å². The van der Waals surface area contributed by atoms with Crippen molar-refractivity contribution >= 4 is 11.8 Å². The van der Waals surface area contributed by atoms with Crippen LogP contribution < -0.4 is 10.6 Å². The number of nitrogens with one attached hydrogen (secondary N) is 2. The van der Waals surface area contributed by atoms with Crippen molar-refractivity contribution in [2.24, 2.45) is 0 Å². The Kier molecular flexibility index (Phi) is 9.58. The third-order valence-corrected chi connectivity index (χ3v) is 9.29. The zero-order valence-corrected chi connectivity index (χ0v) is 27.1. The standard InChI is InChI=1S/C41H42N2O4/c1-30-36(28-40(46-30,32-18-8-3-9-19-32)33-20-10-4-11-21-33)38(44)42-26-16-7-17-27-43-39(45)37-29-41(47-31(37)2,34-22-12-5-13-23-34)35-24-14-6-15-25-35/h3-6,8-15,18-25H,7,16-17,26-29H2,1-2H3,(H,42,44)(H,43,45). The summed E-state index contributed by atoms with van der Waals surface area (Å²) in [5, 5.41) is 6.20. The van der Waals surface area contributed by atoms with Crippen LogP contribution in [0.25, 0.3) is 0 Å². The fraction of sp³-hybridized carbons (Fsp3) is 0.268. The van der Waals surface area contributed by atoms with Crippen LogP contribution in [0.15, 0.2) is 144 Å². The number of carbonyl (C=O) groups is 2. The Hall–Kier alpha value is -5.10. The molecule has 0 fully saturated rings. The normalized spacial score (nSPS) is 16.4. The highest BCUT2D eigenvalue weighted by Gasteiger charge is 2.45. The molecule has 240 valence electrons. The van der Waals surface area contributed by atoms with E-state index in [1.165, 1.54) is 0 Å². The first-order valence-corrected chi connectivity index (χ1v) is 16.5. The van der Waals surface area contributed by atoms with Crippen molar-refractivity contribution in [2.45, 2.75) is 57.2 Å². The fourth-order valence-electron chi connectivity index (χ4n) is 6.80. The summed E-state index contributed by atoms with van der Waals surface area (Å²) >= 11 is 0. The van der Waals surface area contributed by atoms with Gasteiger partial charge in [0.1, 0.15) is 11.5 Å². The molecular formula is C41H42N2O4. The maximum atomic E-state index is 13.3. The lowest BCUT2D eigenvalue weighted by atomic mass is 9.82. The van der Waals surface area contributed by atoms with Gasteiger partial charge in [0.05, 0.1) is 11.1 Å². The van der Waals surface area contributed by atoms with Crippen LogP contribution in [0.2, 0.25) is 0 Å². The number of unbranched alkanes of at least 4 members (excludes halogenated alkanes) is 2. The molecule has 0 radical (unpaired) electrons. The van der Waals surface area contributed by atoms with Crippen molar-refractivity contribution in [1.82, 2.24) is 10.6 Å². The maximum Gasteiger partial charge on any atom is 0.250 e. The van der Waals surface area contributed by atoms with Gasteiger partial charge in [0, 0.05) is 48.2 Å². The van der Waals surface area contributed by atoms with Crippen LogP contribution in [0.5, 0.6) is 0 Å². The summed E-state index contributed by atoms with van der Waals surface area (Å²) in [4.78, 5) is 26.6. The van der Waals surface area contributed by atoms with E-state index in [-0.39, 0.29) is 11.8 Å². The molecule has 2 amide bonds. The second-order valence-electron chi connectivity index (χ2n) is 12.3. The van der Waals surface area contributed by atoms with Crippen LogP contribution in [0, 0.1) is 0 Å². The summed E-state index contributed by atoms with van der Waals surface area (Å²) in [6, 6.07) is 40.4. The lowest BCUT2D eigenvalue weighted by molar-refractivity contribution is -0.118. The maximum absolute atomic E-state index is 13.3. The highest BCUT2D eigenvalue weighted by molar-refractivity contribution is 5.95. The Morgan fingerprint density at radius 1 is 0.511 bits per heavy atom. The van der Waals surface area contributed by atoms with E-state index in [4.69, 9.17) is 9.47 Å². The lowest BCUT2D eigenvalue weighted by Crippen LogP contribution is -2.31. The van der Waals surface area contributed by atoms with Crippen molar-refractivity contribution in [3.63, 3.8) is 0 Å². The molecule has 2 N–H and O–H groups in total. The Morgan fingerprint density at radius 3 is 1.11 bits per heavy atom. The first kappa shape index (κ1) is 31.9. The van der Waals surface area contributed by atoms with Crippen LogP contribution in [0.4, 0.5) is 0 Å². The number of hydrogen-bond donors (Lipinski definition) is 2. The molecule has 0 aliphatic carbocycles. The third kappa shape index (κ3) is 6.59. The van der Waals surface area contributed by atoms with Gasteiger partial charge in [-0.3, -0.25) is 9.59 Å². The Bertz CT molecular complexity index is 1540. The first-order chi connectivity index (χ1) is 22.9. The molecule has 2 aliphatic heterocycles. The molecule has 0 bridgehead atoms. The van der Waals surface area contributed by atoms with E-state index in [0.717, 1.165) is 41.5 Å². The SMILES string of the molecule is CC1=C(C(=O)NCCCCCNC(=O)C2=C(C)OC(c3ccccc3)(c3ccccc3)C2)CC(c2ccccc2)(c2ccccc2)O1. The minimum absolute atomic E-state index is 0.0894. The van der Waals surface area contributed by atoms with E-state index in [2.05, 4.69) is 59.2 Å². The lowest BCUT2D eigenvalue weighted by Gasteiger charge is -2.31. The number of allylic oxidation sites excluding steroid dienone is 2.